The van der Waals surface area contributed by atoms with Crippen molar-refractivity contribution in [3.05, 3.63) is 71.8 Å². The van der Waals surface area contributed by atoms with Gasteiger partial charge in [-0.2, -0.15) is 0 Å². The van der Waals surface area contributed by atoms with E-state index in [-0.39, 0.29) is 0 Å². The summed E-state index contributed by atoms with van der Waals surface area (Å²) in [6.07, 6.45) is 0. The Kier molecular flexibility index (Phi) is 5.21. The molecule has 0 saturated carbocycles. The van der Waals surface area contributed by atoms with E-state index in [9.17, 15) is 0 Å². The molecule has 0 radical (unpaired) electrons. The SMILES string of the molecule is [C](#Cc1ccccc1)[Ca][C]#Cc1ccccc1. The van der Waals surface area contributed by atoms with E-state index < -0.39 is 33.8 Å². The first-order valence-corrected chi connectivity index (χ1v) is 7.74. The summed E-state index contributed by atoms with van der Waals surface area (Å²) < 4.78 is 6.47. The Morgan fingerprint density at radius 2 is 1.00 bits per heavy atom. The molecule has 0 saturated heterocycles. The molecule has 0 fully saturated rings. The van der Waals surface area contributed by atoms with Gasteiger partial charge in [-0.05, 0) is 0 Å². The van der Waals surface area contributed by atoms with Gasteiger partial charge in [0.2, 0.25) is 0 Å². The first kappa shape index (κ1) is 12.3. The van der Waals surface area contributed by atoms with Gasteiger partial charge in [0.05, 0.1) is 0 Å². The van der Waals surface area contributed by atoms with Crippen LogP contribution in [0.5, 0.6) is 0 Å². The van der Waals surface area contributed by atoms with Crippen LogP contribution in [0.1, 0.15) is 11.1 Å². The molecular formula is C16H10Ca. The van der Waals surface area contributed by atoms with Crippen molar-refractivity contribution >= 4 is 33.8 Å². The quantitative estimate of drug-likeness (QED) is 0.492. The summed E-state index contributed by atoms with van der Waals surface area (Å²) in [5.41, 5.74) is 2.17. The summed E-state index contributed by atoms with van der Waals surface area (Å²) in [4.78, 5) is 0. The van der Waals surface area contributed by atoms with Gasteiger partial charge in [0, 0.05) is 0 Å². The van der Waals surface area contributed by atoms with Gasteiger partial charge in [-0.1, -0.05) is 0 Å². The molecule has 0 heterocycles. The van der Waals surface area contributed by atoms with E-state index in [2.05, 4.69) is 15.9 Å². The van der Waals surface area contributed by atoms with Crippen molar-refractivity contribution in [1.82, 2.24) is 0 Å². The topological polar surface area (TPSA) is 0 Å². The van der Waals surface area contributed by atoms with Gasteiger partial charge in [-0.25, -0.2) is 0 Å². The van der Waals surface area contributed by atoms with Gasteiger partial charge in [-0.3, -0.25) is 0 Å². The predicted octanol–water partition coefficient (Wildman–Crippen LogP) is 2.71. The van der Waals surface area contributed by atoms with Crippen LogP contribution in [0, 0.1) is 15.9 Å². The van der Waals surface area contributed by atoms with Crippen LogP contribution in [-0.4, -0.2) is 33.8 Å². The van der Waals surface area contributed by atoms with Crippen molar-refractivity contribution in [2.45, 2.75) is 0 Å². The fraction of sp³-hybridized carbons (Fsp3) is 0. The molecule has 0 bridgehead atoms. The molecule has 76 valence electrons. The van der Waals surface area contributed by atoms with E-state index in [1.165, 1.54) is 0 Å². The molecule has 17 heavy (non-hydrogen) atoms. The van der Waals surface area contributed by atoms with Crippen LogP contribution in [0.3, 0.4) is 0 Å². The van der Waals surface area contributed by atoms with Crippen molar-refractivity contribution in [2.75, 3.05) is 0 Å². The van der Waals surface area contributed by atoms with Gasteiger partial charge >= 0.3 is 122 Å². The second-order valence-electron chi connectivity index (χ2n) is 3.51. The van der Waals surface area contributed by atoms with E-state index in [1.807, 2.05) is 60.7 Å². The monoisotopic (exact) mass is 242 g/mol. The van der Waals surface area contributed by atoms with Crippen molar-refractivity contribution in [3.63, 3.8) is 0 Å². The molecule has 2 aromatic rings. The zero-order valence-electron chi connectivity index (χ0n) is 9.48. The third-order valence-electron chi connectivity index (χ3n) is 2.19. The summed E-state index contributed by atoms with van der Waals surface area (Å²) in [6, 6.07) is 20.1. The maximum atomic E-state index is 3.24. The Bertz CT molecular complexity index is 522. The molecule has 0 aromatic heterocycles. The van der Waals surface area contributed by atoms with Crippen LogP contribution in [0.2, 0.25) is 0 Å². The maximum absolute atomic E-state index is 3.24. The summed E-state index contributed by atoms with van der Waals surface area (Å²) in [7, 11) is 0. The molecule has 0 amide bonds. The molecule has 0 spiro atoms. The van der Waals surface area contributed by atoms with Crippen molar-refractivity contribution in [3.8, 4) is 15.9 Å². The Labute approximate surface area is 120 Å². The summed E-state index contributed by atoms with van der Waals surface area (Å²) >= 11 is -1.02. The van der Waals surface area contributed by atoms with E-state index in [0.29, 0.717) is 0 Å². The van der Waals surface area contributed by atoms with Crippen LogP contribution in [0.15, 0.2) is 60.7 Å². The van der Waals surface area contributed by atoms with Crippen molar-refractivity contribution < 1.29 is 0 Å². The summed E-state index contributed by atoms with van der Waals surface area (Å²) in [5, 5.41) is 0. The van der Waals surface area contributed by atoms with Crippen molar-refractivity contribution in [1.29, 1.82) is 0 Å². The van der Waals surface area contributed by atoms with E-state index in [0.717, 1.165) is 11.1 Å². The predicted molar refractivity (Wildman–Crippen MR) is 72.4 cm³/mol. The molecule has 2 aromatic carbocycles. The summed E-state index contributed by atoms with van der Waals surface area (Å²) in [5.74, 6) is 6.32. The normalized spacial score (nSPS) is 8.00. The molecule has 2 rings (SSSR count). The van der Waals surface area contributed by atoms with Crippen molar-refractivity contribution in [2.24, 2.45) is 0 Å². The van der Waals surface area contributed by atoms with Gasteiger partial charge < -0.3 is 0 Å². The molecule has 0 N–H and O–H groups in total. The number of hydrogen-bond donors (Lipinski definition) is 0. The number of hydrogen-bond acceptors (Lipinski definition) is 0. The van der Waals surface area contributed by atoms with Crippen LogP contribution in [0.25, 0.3) is 0 Å². The third-order valence-corrected chi connectivity index (χ3v) is 3.29. The fourth-order valence-corrected chi connectivity index (χ4v) is 2.43. The van der Waals surface area contributed by atoms with Gasteiger partial charge in [0.25, 0.3) is 0 Å². The minimum atomic E-state index is -1.02. The first-order chi connectivity index (χ1) is 8.45. The average molecular weight is 242 g/mol. The zero-order valence-corrected chi connectivity index (χ0v) is 11.7. The molecule has 0 aliphatic rings. The Morgan fingerprint density at radius 1 is 0.588 bits per heavy atom. The summed E-state index contributed by atoms with van der Waals surface area (Å²) in [6.45, 7) is 0. The Morgan fingerprint density at radius 3 is 1.41 bits per heavy atom. The minimum absolute atomic E-state index is 1.02. The molecule has 0 aliphatic carbocycles. The van der Waals surface area contributed by atoms with Crippen LogP contribution in [-0.2, 0) is 0 Å². The van der Waals surface area contributed by atoms with Crippen LogP contribution in [0.4, 0.5) is 0 Å². The van der Waals surface area contributed by atoms with Gasteiger partial charge in [-0.15, -0.1) is 0 Å². The first-order valence-electron chi connectivity index (χ1n) is 5.53. The Hall–Kier alpha value is -1.18. The Balaban J connectivity index is 1.93. The zero-order chi connectivity index (χ0) is 11.8. The molecule has 0 nitrogen and oxygen atoms in total. The van der Waals surface area contributed by atoms with E-state index in [4.69, 9.17) is 0 Å². The fourth-order valence-electron chi connectivity index (χ4n) is 1.38. The number of benzene rings is 2. The molecule has 1 heteroatoms. The molecule has 0 atom stereocenters. The van der Waals surface area contributed by atoms with Crippen LogP contribution >= 0.6 is 0 Å². The third kappa shape index (κ3) is 4.68. The van der Waals surface area contributed by atoms with Crippen LogP contribution < -0.4 is 0 Å². The average Bonchev–Trinajstić information content (AvgIpc) is 2.41. The van der Waals surface area contributed by atoms with Gasteiger partial charge in [0.15, 0.2) is 0 Å². The van der Waals surface area contributed by atoms with E-state index in [1.54, 1.807) is 0 Å². The standard InChI is InChI=1S/2C8H5.Ca/c2*1-2-8-6-4-3-5-7-8;/h2*3-7H;. The van der Waals surface area contributed by atoms with Gasteiger partial charge in [0.1, 0.15) is 0 Å². The second-order valence-corrected chi connectivity index (χ2v) is 5.17. The molecule has 0 aliphatic heterocycles. The number of rotatable bonds is 0. The molecule has 0 unspecified atom stereocenters. The van der Waals surface area contributed by atoms with E-state index >= 15 is 0 Å². The molecular weight excluding hydrogens is 232 g/mol. The second kappa shape index (κ2) is 7.21.